The lowest BCUT2D eigenvalue weighted by Gasteiger charge is -2.01. The minimum Gasteiger partial charge on any atom is -0.231 e. The number of hydrogen-bond acceptors (Lipinski definition) is 3. The maximum absolute atomic E-state index is 4.48. The molecule has 0 atom stereocenters. The van der Waals surface area contributed by atoms with Crippen molar-refractivity contribution in [2.75, 3.05) is 5.75 Å². The van der Waals surface area contributed by atoms with Gasteiger partial charge >= 0.3 is 0 Å². The van der Waals surface area contributed by atoms with E-state index in [1.165, 1.54) is 0 Å². The molecule has 1 heterocycles. The first-order valence-corrected chi connectivity index (χ1v) is 5.90. The predicted molar refractivity (Wildman–Crippen MR) is 63.9 cm³/mol. The fourth-order valence-electron chi connectivity index (χ4n) is 1.31. The summed E-state index contributed by atoms with van der Waals surface area (Å²) in [7, 11) is 0. The molecule has 0 unspecified atom stereocenters. The first kappa shape index (κ1) is 10.2. The van der Waals surface area contributed by atoms with E-state index in [1.54, 1.807) is 11.8 Å². The van der Waals surface area contributed by atoms with Crippen LogP contribution in [0.3, 0.4) is 0 Å². The van der Waals surface area contributed by atoms with Crippen LogP contribution in [0.5, 0.6) is 0 Å². The normalized spacial score (nSPS) is 10.2. The summed E-state index contributed by atoms with van der Waals surface area (Å²) in [6.45, 7) is 2.10. The monoisotopic (exact) mass is 216 g/mol. The van der Waals surface area contributed by atoms with Gasteiger partial charge in [0.1, 0.15) is 0 Å². The summed E-state index contributed by atoms with van der Waals surface area (Å²) < 4.78 is 0. The molecule has 3 heteroatoms. The molecule has 0 spiro atoms. The largest absolute Gasteiger partial charge is 0.231 e. The van der Waals surface area contributed by atoms with Gasteiger partial charge in [0.05, 0.1) is 5.69 Å². The Kier molecular flexibility index (Phi) is 3.35. The van der Waals surface area contributed by atoms with E-state index < -0.39 is 0 Å². The van der Waals surface area contributed by atoms with Crippen molar-refractivity contribution in [3.63, 3.8) is 0 Å². The fourth-order valence-corrected chi connectivity index (χ4v) is 1.87. The summed E-state index contributed by atoms with van der Waals surface area (Å²) in [5.74, 6) is 0.998. The fraction of sp³-hybridized carbons (Fsp3) is 0.167. The smallest absolute Gasteiger partial charge is 0.188 e. The van der Waals surface area contributed by atoms with Crippen LogP contribution in [0.2, 0.25) is 0 Å². The van der Waals surface area contributed by atoms with Crippen LogP contribution in [-0.2, 0) is 0 Å². The lowest BCUT2D eigenvalue weighted by molar-refractivity contribution is 0.973. The van der Waals surface area contributed by atoms with E-state index in [9.17, 15) is 0 Å². The Hall–Kier alpha value is -1.35. The van der Waals surface area contributed by atoms with Gasteiger partial charge in [0.2, 0.25) is 0 Å². The highest BCUT2D eigenvalue weighted by Crippen LogP contribution is 2.19. The second-order valence-corrected chi connectivity index (χ2v) is 4.25. The maximum Gasteiger partial charge on any atom is 0.188 e. The van der Waals surface area contributed by atoms with Crippen molar-refractivity contribution in [1.82, 2.24) is 9.97 Å². The van der Waals surface area contributed by atoms with Gasteiger partial charge in [-0.25, -0.2) is 9.97 Å². The van der Waals surface area contributed by atoms with Crippen molar-refractivity contribution >= 4 is 11.8 Å². The Morgan fingerprint density at radius 2 is 1.93 bits per heavy atom. The van der Waals surface area contributed by atoms with Crippen LogP contribution < -0.4 is 0 Å². The van der Waals surface area contributed by atoms with E-state index in [0.29, 0.717) is 0 Å². The second-order valence-electron chi connectivity index (χ2n) is 3.02. The van der Waals surface area contributed by atoms with Gasteiger partial charge in [0, 0.05) is 11.8 Å². The minimum absolute atomic E-state index is 0.846. The van der Waals surface area contributed by atoms with Crippen molar-refractivity contribution < 1.29 is 0 Å². The standard InChI is InChI=1S/C12H12N2S/c1-2-15-12-13-9-8-11(14-12)10-6-4-3-5-7-10/h3-9H,2H2,1H3. The van der Waals surface area contributed by atoms with E-state index in [4.69, 9.17) is 0 Å². The van der Waals surface area contributed by atoms with Gasteiger partial charge in [-0.2, -0.15) is 0 Å². The van der Waals surface area contributed by atoms with Gasteiger partial charge in [-0.3, -0.25) is 0 Å². The number of rotatable bonds is 3. The molecule has 2 aromatic rings. The Morgan fingerprint density at radius 3 is 2.67 bits per heavy atom. The SMILES string of the molecule is CCSc1nccc(-c2ccccc2)n1. The highest BCUT2D eigenvalue weighted by molar-refractivity contribution is 7.99. The molecule has 0 fully saturated rings. The highest BCUT2D eigenvalue weighted by Gasteiger charge is 2.00. The number of aromatic nitrogens is 2. The van der Waals surface area contributed by atoms with Gasteiger partial charge in [-0.15, -0.1) is 0 Å². The van der Waals surface area contributed by atoms with Crippen LogP contribution in [0.1, 0.15) is 6.92 Å². The molecule has 1 aromatic carbocycles. The minimum atomic E-state index is 0.846. The van der Waals surface area contributed by atoms with Crippen LogP contribution >= 0.6 is 11.8 Å². The average molecular weight is 216 g/mol. The molecule has 0 saturated carbocycles. The molecule has 0 bridgehead atoms. The molecule has 0 N–H and O–H groups in total. The zero-order chi connectivity index (χ0) is 10.5. The van der Waals surface area contributed by atoms with Crippen molar-refractivity contribution in [3.8, 4) is 11.3 Å². The summed E-state index contributed by atoms with van der Waals surface area (Å²) in [4.78, 5) is 8.69. The summed E-state index contributed by atoms with van der Waals surface area (Å²) in [5, 5.41) is 0.846. The first-order valence-electron chi connectivity index (χ1n) is 4.91. The van der Waals surface area contributed by atoms with E-state index in [2.05, 4.69) is 29.0 Å². The number of thioether (sulfide) groups is 1. The van der Waals surface area contributed by atoms with E-state index in [0.717, 1.165) is 22.2 Å². The molecule has 76 valence electrons. The van der Waals surface area contributed by atoms with Crippen LogP contribution in [0, 0.1) is 0 Å². The Balaban J connectivity index is 2.33. The molecule has 2 nitrogen and oxygen atoms in total. The summed E-state index contributed by atoms with van der Waals surface area (Å²) >= 11 is 1.66. The van der Waals surface area contributed by atoms with Crippen molar-refractivity contribution in [1.29, 1.82) is 0 Å². The molecule has 0 radical (unpaired) electrons. The molecule has 0 aliphatic carbocycles. The van der Waals surface area contributed by atoms with Crippen molar-refractivity contribution in [2.24, 2.45) is 0 Å². The molecule has 1 aromatic heterocycles. The summed E-state index contributed by atoms with van der Waals surface area (Å²) in [6, 6.07) is 12.1. The van der Waals surface area contributed by atoms with E-state index in [-0.39, 0.29) is 0 Å². The number of nitrogens with zero attached hydrogens (tertiary/aromatic N) is 2. The van der Waals surface area contributed by atoms with Gasteiger partial charge in [-0.05, 0) is 11.8 Å². The summed E-state index contributed by atoms with van der Waals surface area (Å²) in [6.07, 6.45) is 1.81. The molecule has 0 saturated heterocycles. The molecular formula is C12H12N2S. The molecule has 2 rings (SSSR count). The van der Waals surface area contributed by atoms with Crippen LogP contribution in [0.15, 0.2) is 47.8 Å². The highest BCUT2D eigenvalue weighted by atomic mass is 32.2. The second kappa shape index (κ2) is 4.94. The Labute approximate surface area is 93.8 Å². The zero-order valence-electron chi connectivity index (χ0n) is 8.55. The molecule has 0 aliphatic heterocycles. The Bertz CT molecular complexity index is 429. The first-order chi connectivity index (χ1) is 7.40. The molecule has 0 aliphatic rings. The van der Waals surface area contributed by atoms with Crippen molar-refractivity contribution in [2.45, 2.75) is 12.1 Å². The maximum atomic E-state index is 4.48. The molecule has 0 amide bonds. The number of benzene rings is 1. The van der Waals surface area contributed by atoms with Gasteiger partial charge in [0.15, 0.2) is 5.16 Å². The van der Waals surface area contributed by atoms with Gasteiger partial charge in [-0.1, -0.05) is 49.0 Å². The molecular weight excluding hydrogens is 204 g/mol. The third kappa shape index (κ3) is 2.57. The lowest BCUT2D eigenvalue weighted by Crippen LogP contribution is -1.89. The third-order valence-corrected chi connectivity index (χ3v) is 2.72. The number of hydrogen-bond donors (Lipinski definition) is 0. The van der Waals surface area contributed by atoms with E-state index in [1.807, 2.05) is 30.5 Å². The van der Waals surface area contributed by atoms with Crippen LogP contribution in [0.25, 0.3) is 11.3 Å². The van der Waals surface area contributed by atoms with E-state index >= 15 is 0 Å². The lowest BCUT2D eigenvalue weighted by atomic mass is 10.1. The Morgan fingerprint density at radius 1 is 1.13 bits per heavy atom. The predicted octanol–water partition coefficient (Wildman–Crippen LogP) is 3.26. The molecule has 15 heavy (non-hydrogen) atoms. The van der Waals surface area contributed by atoms with Gasteiger partial charge in [0.25, 0.3) is 0 Å². The van der Waals surface area contributed by atoms with Gasteiger partial charge < -0.3 is 0 Å². The van der Waals surface area contributed by atoms with Crippen LogP contribution in [0.4, 0.5) is 0 Å². The quantitative estimate of drug-likeness (QED) is 0.582. The zero-order valence-corrected chi connectivity index (χ0v) is 9.37. The topological polar surface area (TPSA) is 25.8 Å². The summed E-state index contributed by atoms with van der Waals surface area (Å²) in [5.41, 5.74) is 2.12. The van der Waals surface area contributed by atoms with Crippen molar-refractivity contribution in [3.05, 3.63) is 42.6 Å². The average Bonchev–Trinajstić information content (AvgIpc) is 2.31. The third-order valence-electron chi connectivity index (χ3n) is 1.98. The van der Waals surface area contributed by atoms with Crippen LogP contribution in [-0.4, -0.2) is 15.7 Å².